The van der Waals surface area contributed by atoms with Gasteiger partial charge in [-0.3, -0.25) is 0 Å². The van der Waals surface area contributed by atoms with Crippen molar-refractivity contribution in [3.8, 4) is 0 Å². The number of benzene rings is 3. The van der Waals surface area contributed by atoms with E-state index in [1.54, 1.807) is 0 Å². The Hall–Kier alpha value is -1.99. The zero-order valence-electron chi connectivity index (χ0n) is 13.0. The van der Waals surface area contributed by atoms with Crippen molar-refractivity contribution in [3.63, 3.8) is 0 Å². The molecular weight excluding hydrogens is 301 g/mol. The molecular formula is C20H21NOP+. The van der Waals surface area contributed by atoms with Crippen molar-refractivity contribution >= 4 is 23.4 Å². The summed E-state index contributed by atoms with van der Waals surface area (Å²) >= 11 is 0. The minimum absolute atomic E-state index is 0.508. The van der Waals surface area contributed by atoms with Gasteiger partial charge in [-0.05, 0) is 36.4 Å². The molecule has 3 aromatic carbocycles. The quantitative estimate of drug-likeness (QED) is 0.708. The van der Waals surface area contributed by atoms with Crippen LogP contribution in [0.5, 0.6) is 0 Å². The van der Waals surface area contributed by atoms with Crippen molar-refractivity contribution in [2.45, 2.75) is 0 Å². The molecule has 23 heavy (non-hydrogen) atoms. The minimum Gasteiger partial charge on any atom is -0.328 e. The highest BCUT2D eigenvalue weighted by Gasteiger charge is 2.47. The molecule has 0 saturated heterocycles. The fourth-order valence-corrected chi connectivity index (χ4v) is 6.27. The van der Waals surface area contributed by atoms with Gasteiger partial charge < -0.3 is 5.73 Å². The first kappa shape index (κ1) is 15.9. The largest absolute Gasteiger partial charge is 0.328 e. The molecule has 2 nitrogen and oxygen atoms in total. The molecule has 2 N–H and O–H groups in total. The van der Waals surface area contributed by atoms with Gasteiger partial charge in [-0.1, -0.05) is 54.6 Å². The van der Waals surface area contributed by atoms with Crippen molar-refractivity contribution in [3.05, 3.63) is 91.0 Å². The Morgan fingerprint density at radius 3 is 1.26 bits per heavy atom. The van der Waals surface area contributed by atoms with Crippen LogP contribution >= 0.6 is 7.49 Å². The van der Waals surface area contributed by atoms with Gasteiger partial charge in [0.05, 0.1) is 0 Å². The smallest absolute Gasteiger partial charge is 0.242 e. The predicted molar refractivity (Wildman–Crippen MR) is 100 cm³/mol. The molecule has 0 unspecified atom stereocenters. The lowest BCUT2D eigenvalue weighted by molar-refractivity contribution is 0.367. The maximum Gasteiger partial charge on any atom is 0.242 e. The van der Waals surface area contributed by atoms with Crippen LogP contribution in [0.4, 0.5) is 0 Å². The first-order valence-corrected chi connectivity index (χ1v) is 9.49. The Balaban J connectivity index is 2.25. The second kappa shape index (κ2) is 7.52. The van der Waals surface area contributed by atoms with Crippen LogP contribution in [-0.4, -0.2) is 13.2 Å². The Morgan fingerprint density at radius 2 is 0.957 bits per heavy atom. The molecule has 3 heteroatoms. The standard InChI is InChI=1S/C20H21NOP/c21-16-17-22-23(18-10-4-1-5-11-18,19-12-6-2-7-13-19)20-14-8-3-9-15-20/h1-15H,16-17,21H2/q+1. The molecule has 3 aromatic rings. The van der Waals surface area contributed by atoms with Gasteiger partial charge in [-0.25, -0.2) is 4.52 Å². The summed E-state index contributed by atoms with van der Waals surface area (Å²) in [6, 6.07) is 31.5. The summed E-state index contributed by atoms with van der Waals surface area (Å²) in [6.45, 7) is 1.04. The van der Waals surface area contributed by atoms with Crippen molar-refractivity contribution < 1.29 is 4.52 Å². The van der Waals surface area contributed by atoms with Gasteiger partial charge in [0.1, 0.15) is 22.5 Å². The average Bonchev–Trinajstić information content (AvgIpc) is 2.65. The lowest BCUT2D eigenvalue weighted by Gasteiger charge is -2.25. The van der Waals surface area contributed by atoms with Crippen LogP contribution < -0.4 is 21.6 Å². The molecule has 0 aliphatic rings. The van der Waals surface area contributed by atoms with E-state index in [1.807, 2.05) is 18.2 Å². The summed E-state index contributed by atoms with van der Waals surface area (Å²) < 4.78 is 6.52. The van der Waals surface area contributed by atoms with Crippen LogP contribution in [0.1, 0.15) is 0 Å². The second-order valence-electron chi connectivity index (χ2n) is 5.24. The number of rotatable bonds is 6. The fraction of sp³-hybridized carbons (Fsp3) is 0.100. The van der Waals surface area contributed by atoms with Crippen molar-refractivity contribution in [1.29, 1.82) is 0 Å². The third kappa shape index (κ3) is 3.20. The van der Waals surface area contributed by atoms with E-state index in [-0.39, 0.29) is 0 Å². The molecule has 0 spiro atoms. The van der Waals surface area contributed by atoms with Crippen LogP contribution in [0.3, 0.4) is 0 Å². The molecule has 116 valence electrons. The Labute approximate surface area is 138 Å². The highest BCUT2D eigenvalue weighted by Crippen LogP contribution is 2.56. The molecule has 0 aliphatic heterocycles. The van der Waals surface area contributed by atoms with Crippen LogP contribution in [0, 0.1) is 0 Å². The van der Waals surface area contributed by atoms with Gasteiger partial charge >= 0.3 is 0 Å². The molecule has 3 rings (SSSR count). The highest BCUT2D eigenvalue weighted by molar-refractivity contribution is 7.91. The van der Waals surface area contributed by atoms with E-state index in [0.717, 1.165) is 0 Å². The summed E-state index contributed by atoms with van der Waals surface area (Å²) in [5.74, 6) is 0. The molecule has 0 amide bonds. The maximum atomic E-state index is 6.52. The lowest BCUT2D eigenvalue weighted by atomic mass is 10.4. The topological polar surface area (TPSA) is 35.2 Å². The molecule has 0 saturated carbocycles. The summed E-state index contributed by atoms with van der Waals surface area (Å²) in [4.78, 5) is 0. The Bertz CT molecular complexity index is 620. The first-order chi connectivity index (χ1) is 11.4. The zero-order chi connectivity index (χ0) is 16.0. The molecule has 0 aromatic heterocycles. The summed E-state index contributed by atoms with van der Waals surface area (Å²) in [5.41, 5.74) is 5.76. The van der Waals surface area contributed by atoms with E-state index >= 15 is 0 Å². The number of hydrogen-bond acceptors (Lipinski definition) is 2. The Kier molecular flexibility index (Phi) is 5.19. The van der Waals surface area contributed by atoms with E-state index in [1.165, 1.54) is 15.9 Å². The molecule has 0 radical (unpaired) electrons. The summed E-state index contributed by atoms with van der Waals surface area (Å²) in [6.07, 6.45) is 0. The lowest BCUT2D eigenvalue weighted by Crippen LogP contribution is -2.34. The van der Waals surface area contributed by atoms with Crippen LogP contribution in [0.25, 0.3) is 0 Å². The van der Waals surface area contributed by atoms with Gasteiger partial charge in [0, 0.05) is 6.54 Å². The number of hydrogen-bond donors (Lipinski definition) is 1. The fourth-order valence-electron chi connectivity index (χ4n) is 2.77. The van der Waals surface area contributed by atoms with E-state index in [9.17, 15) is 0 Å². The van der Waals surface area contributed by atoms with E-state index in [0.29, 0.717) is 13.2 Å². The third-order valence-corrected chi connectivity index (χ3v) is 7.41. The van der Waals surface area contributed by atoms with Crippen LogP contribution in [0.2, 0.25) is 0 Å². The van der Waals surface area contributed by atoms with Crippen LogP contribution in [-0.2, 0) is 4.52 Å². The Morgan fingerprint density at radius 1 is 0.609 bits per heavy atom. The number of nitrogens with two attached hydrogens (primary N) is 1. The third-order valence-electron chi connectivity index (χ3n) is 3.76. The van der Waals surface area contributed by atoms with Crippen LogP contribution in [0.15, 0.2) is 91.0 Å². The normalized spacial score (nSPS) is 11.3. The first-order valence-electron chi connectivity index (χ1n) is 7.78. The van der Waals surface area contributed by atoms with Gasteiger partial charge in [0.25, 0.3) is 0 Å². The molecule has 0 atom stereocenters. The zero-order valence-corrected chi connectivity index (χ0v) is 13.9. The van der Waals surface area contributed by atoms with Gasteiger partial charge in [0.15, 0.2) is 0 Å². The van der Waals surface area contributed by atoms with Crippen molar-refractivity contribution in [2.24, 2.45) is 5.73 Å². The van der Waals surface area contributed by atoms with E-state index in [4.69, 9.17) is 10.3 Å². The summed E-state index contributed by atoms with van der Waals surface area (Å²) in [5, 5.41) is 3.64. The van der Waals surface area contributed by atoms with E-state index < -0.39 is 7.49 Å². The van der Waals surface area contributed by atoms with Gasteiger partial charge in [0.2, 0.25) is 7.49 Å². The predicted octanol–water partition coefficient (Wildman–Crippen LogP) is 2.87. The second-order valence-corrected chi connectivity index (χ2v) is 8.26. The van der Waals surface area contributed by atoms with Gasteiger partial charge in [-0.15, -0.1) is 0 Å². The molecule has 0 aliphatic carbocycles. The average molecular weight is 322 g/mol. The molecule has 0 heterocycles. The van der Waals surface area contributed by atoms with Gasteiger partial charge in [-0.2, -0.15) is 0 Å². The van der Waals surface area contributed by atoms with Crippen molar-refractivity contribution in [1.82, 2.24) is 0 Å². The van der Waals surface area contributed by atoms with Crippen molar-refractivity contribution in [2.75, 3.05) is 13.2 Å². The molecule has 0 fully saturated rings. The highest BCUT2D eigenvalue weighted by atomic mass is 31.2. The summed E-state index contributed by atoms with van der Waals surface area (Å²) in [7, 11) is -2.15. The van der Waals surface area contributed by atoms with E-state index in [2.05, 4.69) is 72.8 Å². The maximum absolute atomic E-state index is 6.52. The monoisotopic (exact) mass is 322 g/mol. The SMILES string of the molecule is NCCO[P+](c1ccccc1)(c1ccccc1)c1ccccc1. The molecule has 0 bridgehead atoms. The minimum atomic E-state index is -2.15.